The molecule has 2 saturated heterocycles. The number of unbranched alkanes of at least 4 members (excludes halogenated alkanes) is 3. The molecule has 2 heterocycles. The molecule has 2 fully saturated rings. The van der Waals surface area contributed by atoms with Crippen molar-refractivity contribution >= 4 is 0 Å². The summed E-state index contributed by atoms with van der Waals surface area (Å²) in [5.41, 5.74) is 0. The van der Waals surface area contributed by atoms with Crippen molar-refractivity contribution in [1.82, 2.24) is 15.1 Å². The first-order chi connectivity index (χ1) is 10.3. The van der Waals surface area contributed by atoms with E-state index in [-0.39, 0.29) is 0 Å². The first-order valence-electron chi connectivity index (χ1n) is 9.50. The average Bonchev–Trinajstić information content (AvgIpc) is 2.50. The van der Waals surface area contributed by atoms with Crippen LogP contribution in [0.1, 0.15) is 65.2 Å². The molecule has 0 radical (unpaired) electrons. The maximum Gasteiger partial charge on any atom is 0.0223 e. The number of fused-ring (bicyclic) bond motifs is 1. The Morgan fingerprint density at radius 3 is 2.71 bits per heavy atom. The highest BCUT2D eigenvalue weighted by molar-refractivity contribution is 4.88. The SMILES string of the molecule is CCCNCCCCCCN1CC2CCCCN2CC1C. The number of nitrogens with zero attached hydrogens (tertiary/aromatic N) is 2. The van der Waals surface area contributed by atoms with Crippen molar-refractivity contribution in [3.05, 3.63) is 0 Å². The molecule has 0 spiro atoms. The quantitative estimate of drug-likeness (QED) is 0.659. The van der Waals surface area contributed by atoms with E-state index in [1.807, 2.05) is 0 Å². The normalized spacial score (nSPS) is 27.7. The van der Waals surface area contributed by atoms with Crippen LogP contribution in [0.5, 0.6) is 0 Å². The van der Waals surface area contributed by atoms with Gasteiger partial charge < -0.3 is 5.32 Å². The van der Waals surface area contributed by atoms with E-state index in [1.165, 1.54) is 90.6 Å². The molecule has 124 valence electrons. The molecule has 3 nitrogen and oxygen atoms in total. The summed E-state index contributed by atoms with van der Waals surface area (Å²) in [6.45, 7) is 12.4. The lowest BCUT2D eigenvalue weighted by molar-refractivity contribution is 0.0146. The molecule has 0 aromatic heterocycles. The van der Waals surface area contributed by atoms with Crippen LogP contribution in [0.3, 0.4) is 0 Å². The number of piperidine rings is 1. The lowest BCUT2D eigenvalue weighted by Gasteiger charge is -2.47. The minimum Gasteiger partial charge on any atom is -0.317 e. The summed E-state index contributed by atoms with van der Waals surface area (Å²) in [5, 5.41) is 3.50. The van der Waals surface area contributed by atoms with Crippen LogP contribution in [0.4, 0.5) is 0 Å². The monoisotopic (exact) mass is 295 g/mol. The summed E-state index contributed by atoms with van der Waals surface area (Å²) in [6, 6.07) is 1.64. The van der Waals surface area contributed by atoms with Gasteiger partial charge in [-0.2, -0.15) is 0 Å². The van der Waals surface area contributed by atoms with Crippen molar-refractivity contribution < 1.29 is 0 Å². The van der Waals surface area contributed by atoms with E-state index in [0.717, 1.165) is 12.1 Å². The second kappa shape index (κ2) is 9.81. The molecular formula is C18H37N3. The number of piperazine rings is 1. The van der Waals surface area contributed by atoms with Gasteiger partial charge in [-0.3, -0.25) is 9.80 Å². The summed E-state index contributed by atoms with van der Waals surface area (Å²) in [4.78, 5) is 5.52. The van der Waals surface area contributed by atoms with Gasteiger partial charge in [0.2, 0.25) is 0 Å². The highest BCUT2D eigenvalue weighted by atomic mass is 15.3. The Morgan fingerprint density at radius 1 is 1.00 bits per heavy atom. The number of nitrogens with one attached hydrogen (secondary N) is 1. The second-order valence-corrected chi connectivity index (χ2v) is 7.15. The Bertz CT molecular complexity index is 269. The van der Waals surface area contributed by atoms with Gasteiger partial charge in [-0.05, 0) is 65.2 Å². The van der Waals surface area contributed by atoms with Gasteiger partial charge >= 0.3 is 0 Å². The van der Waals surface area contributed by atoms with Gasteiger partial charge in [0, 0.05) is 25.2 Å². The maximum absolute atomic E-state index is 3.50. The molecule has 2 atom stereocenters. The van der Waals surface area contributed by atoms with E-state index >= 15 is 0 Å². The van der Waals surface area contributed by atoms with Crippen molar-refractivity contribution in [1.29, 1.82) is 0 Å². The van der Waals surface area contributed by atoms with Gasteiger partial charge in [0.15, 0.2) is 0 Å². The van der Waals surface area contributed by atoms with E-state index in [0.29, 0.717) is 0 Å². The first kappa shape index (κ1) is 17.2. The number of rotatable bonds is 9. The molecule has 0 aliphatic carbocycles. The Labute approximate surface area is 132 Å². The fourth-order valence-corrected chi connectivity index (χ4v) is 3.94. The predicted octanol–water partition coefficient (Wildman–Crippen LogP) is 3.11. The maximum atomic E-state index is 3.50. The van der Waals surface area contributed by atoms with Crippen LogP contribution in [-0.2, 0) is 0 Å². The Kier molecular flexibility index (Phi) is 8.05. The number of hydrogen-bond donors (Lipinski definition) is 1. The van der Waals surface area contributed by atoms with Crippen LogP contribution in [0.25, 0.3) is 0 Å². The fourth-order valence-electron chi connectivity index (χ4n) is 3.94. The van der Waals surface area contributed by atoms with Crippen LogP contribution >= 0.6 is 0 Å². The van der Waals surface area contributed by atoms with E-state index in [1.54, 1.807) is 0 Å². The summed E-state index contributed by atoms with van der Waals surface area (Å²) >= 11 is 0. The minimum absolute atomic E-state index is 0.769. The van der Waals surface area contributed by atoms with E-state index in [4.69, 9.17) is 0 Å². The first-order valence-corrected chi connectivity index (χ1v) is 9.50. The highest BCUT2D eigenvalue weighted by Crippen LogP contribution is 2.24. The lowest BCUT2D eigenvalue weighted by atomic mass is 9.97. The zero-order valence-electron chi connectivity index (χ0n) is 14.4. The molecule has 2 aliphatic rings. The van der Waals surface area contributed by atoms with Gasteiger partial charge in [0.05, 0.1) is 0 Å². The summed E-state index contributed by atoms with van der Waals surface area (Å²) in [5.74, 6) is 0. The van der Waals surface area contributed by atoms with Gasteiger partial charge in [-0.15, -0.1) is 0 Å². The molecule has 2 rings (SSSR count). The molecule has 0 amide bonds. The molecular weight excluding hydrogens is 258 g/mol. The Hall–Kier alpha value is -0.120. The smallest absolute Gasteiger partial charge is 0.0223 e. The molecule has 21 heavy (non-hydrogen) atoms. The van der Waals surface area contributed by atoms with Crippen molar-refractivity contribution in [2.75, 3.05) is 39.3 Å². The third-order valence-corrected chi connectivity index (χ3v) is 5.29. The minimum atomic E-state index is 0.769. The van der Waals surface area contributed by atoms with Crippen molar-refractivity contribution in [2.45, 2.75) is 77.3 Å². The van der Waals surface area contributed by atoms with Gasteiger partial charge in [-0.25, -0.2) is 0 Å². The van der Waals surface area contributed by atoms with Crippen molar-refractivity contribution in [2.24, 2.45) is 0 Å². The summed E-state index contributed by atoms with van der Waals surface area (Å²) in [7, 11) is 0. The second-order valence-electron chi connectivity index (χ2n) is 7.15. The third-order valence-electron chi connectivity index (χ3n) is 5.29. The molecule has 2 aliphatic heterocycles. The zero-order valence-corrected chi connectivity index (χ0v) is 14.4. The largest absolute Gasteiger partial charge is 0.317 e. The molecule has 0 aromatic carbocycles. The molecule has 2 unspecified atom stereocenters. The molecule has 3 heteroatoms. The summed E-state index contributed by atoms with van der Waals surface area (Å²) in [6.07, 6.45) is 11.1. The zero-order chi connectivity index (χ0) is 14.9. The molecule has 0 bridgehead atoms. The van der Waals surface area contributed by atoms with Crippen LogP contribution in [0.2, 0.25) is 0 Å². The standard InChI is InChI=1S/C18H37N3/c1-3-11-19-12-7-4-5-8-13-20-16-18-10-6-9-14-21(18)15-17(20)2/h17-19H,3-16H2,1-2H3. The van der Waals surface area contributed by atoms with Crippen LogP contribution in [-0.4, -0.2) is 61.2 Å². The van der Waals surface area contributed by atoms with Crippen LogP contribution in [0.15, 0.2) is 0 Å². The topological polar surface area (TPSA) is 18.5 Å². The van der Waals surface area contributed by atoms with Crippen LogP contribution < -0.4 is 5.32 Å². The van der Waals surface area contributed by atoms with Crippen LogP contribution in [0, 0.1) is 0 Å². The Morgan fingerprint density at radius 2 is 1.86 bits per heavy atom. The average molecular weight is 296 g/mol. The molecule has 0 aromatic rings. The van der Waals surface area contributed by atoms with E-state index in [2.05, 4.69) is 29.0 Å². The fraction of sp³-hybridized carbons (Fsp3) is 1.00. The lowest BCUT2D eigenvalue weighted by Crippen LogP contribution is -2.58. The third kappa shape index (κ3) is 5.88. The molecule has 1 N–H and O–H groups in total. The van der Waals surface area contributed by atoms with Gasteiger partial charge in [0.25, 0.3) is 0 Å². The van der Waals surface area contributed by atoms with Gasteiger partial charge in [0.1, 0.15) is 0 Å². The number of hydrogen-bond acceptors (Lipinski definition) is 3. The van der Waals surface area contributed by atoms with Crippen molar-refractivity contribution in [3.63, 3.8) is 0 Å². The van der Waals surface area contributed by atoms with Crippen molar-refractivity contribution in [3.8, 4) is 0 Å². The van der Waals surface area contributed by atoms with E-state index < -0.39 is 0 Å². The Balaban J connectivity index is 1.53. The molecule has 0 saturated carbocycles. The highest BCUT2D eigenvalue weighted by Gasteiger charge is 2.32. The van der Waals surface area contributed by atoms with Gasteiger partial charge in [-0.1, -0.05) is 26.2 Å². The summed E-state index contributed by atoms with van der Waals surface area (Å²) < 4.78 is 0. The predicted molar refractivity (Wildman–Crippen MR) is 91.9 cm³/mol. The van der Waals surface area contributed by atoms with E-state index in [9.17, 15) is 0 Å².